The first kappa shape index (κ1) is 16.3. The fourth-order valence-corrected chi connectivity index (χ4v) is 2.25. The Bertz CT molecular complexity index is 940. The number of fused-ring (bicyclic) bond motifs is 1. The van der Waals surface area contributed by atoms with Crippen LogP contribution in [0.15, 0.2) is 59.1 Å². The predicted octanol–water partition coefficient (Wildman–Crippen LogP) is 3.91. The van der Waals surface area contributed by atoms with Crippen molar-refractivity contribution in [2.45, 2.75) is 0 Å². The Balaban J connectivity index is 1.83. The van der Waals surface area contributed by atoms with Crippen LogP contribution < -0.4 is 9.47 Å². The zero-order valence-corrected chi connectivity index (χ0v) is 13.2. The number of rotatable bonds is 5. The highest BCUT2D eigenvalue weighted by atomic mass is 16.6. The maximum atomic E-state index is 12.3. The summed E-state index contributed by atoms with van der Waals surface area (Å²) in [7, 11) is 1.41. The summed E-state index contributed by atoms with van der Waals surface area (Å²) < 4.78 is 16.0. The number of benzene rings is 2. The highest BCUT2D eigenvalue weighted by molar-refractivity contribution is 5.93. The van der Waals surface area contributed by atoms with Crippen molar-refractivity contribution >= 4 is 23.0 Å². The third kappa shape index (κ3) is 3.66. The van der Waals surface area contributed by atoms with Crippen molar-refractivity contribution in [2.24, 2.45) is 0 Å². The van der Waals surface area contributed by atoms with Gasteiger partial charge < -0.3 is 13.9 Å². The van der Waals surface area contributed by atoms with Gasteiger partial charge in [-0.1, -0.05) is 24.3 Å². The van der Waals surface area contributed by atoms with Gasteiger partial charge in [0.15, 0.2) is 11.5 Å². The van der Waals surface area contributed by atoms with Crippen molar-refractivity contribution in [1.82, 2.24) is 0 Å². The number of furan rings is 1. The molecule has 1 heterocycles. The van der Waals surface area contributed by atoms with Crippen molar-refractivity contribution in [3.05, 3.63) is 76.2 Å². The molecule has 3 aromatic rings. The molecule has 0 N–H and O–H groups in total. The summed E-state index contributed by atoms with van der Waals surface area (Å²) in [6.07, 6.45) is 2.13. The zero-order chi connectivity index (χ0) is 17.8. The topological polar surface area (TPSA) is 91.8 Å². The Hall–Kier alpha value is -3.61. The summed E-state index contributed by atoms with van der Waals surface area (Å²) >= 11 is 0. The van der Waals surface area contributed by atoms with Crippen LogP contribution >= 0.6 is 0 Å². The van der Waals surface area contributed by atoms with E-state index in [1.54, 1.807) is 24.3 Å². The van der Waals surface area contributed by atoms with E-state index in [1.165, 1.54) is 25.3 Å². The minimum atomic E-state index is -0.664. The lowest BCUT2D eigenvalue weighted by atomic mass is 10.2. The van der Waals surface area contributed by atoms with E-state index in [0.29, 0.717) is 11.1 Å². The molecule has 0 amide bonds. The summed E-state index contributed by atoms with van der Waals surface area (Å²) in [4.78, 5) is 22.1. The average molecular weight is 339 g/mol. The van der Waals surface area contributed by atoms with Gasteiger partial charge in [-0.05, 0) is 29.8 Å². The molecule has 2 aromatic carbocycles. The molecule has 0 aliphatic heterocycles. The molecule has 0 saturated carbocycles. The lowest BCUT2D eigenvalue weighted by molar-refractivity contribution is -0.400. The first-order valence-electron chi connectivity index (χ1n) is 7.27. The normalized spacial score (nSPS) is 10.9. The van der Waals surface area contributed by atoms with Gasteiger partial charge in [-0.25, -0.2) is 4.79 Å². The number of para-hydroxylation sites is 1. The summed E-state index contributed by atoms with van der Waals surface area (Å²) in [5.41, 5.74) is 1.12. The minimum Gasteiger partial charge on any atom is -0.493 e. The molecular weight excluding hydrogens is 326 g/mol. The highest BCUT2D eigenvalue weighted by Gasteiger charge is 2.17. The number of methoxy groups -OCH3 is 1. The second kappa shape index (κ2) is 6.88. The van der Waals surface area contributed by atoms with E-state index in [-0.39, 0.29) is 17.3 Å². The first-order chi connectivity index (χ1) is 12.1. The molecule has 0 fully saturated rings. The number of esters is 1. The molecule has 3 rings (SSSR count). The number of carbonyl (C=O) groups excluding carboxylic acids is 1. The molecule has 0 radical (unpaired) electrons. The molecule has 7 heteroatoms. The number of carbonyl (C=O) groups is 1. The van der Waals surface area contributed by atoms with Crippen LogP contribution in [0.2, 0.25) is 0 Å². The van der Waals surface area contributed by atoms with Crippen LogP contribution in [0.25, 0.3) is 17.0 Å². The van der Waals surface area contributed by atoms with E-state index >= 15 is 0 Å². The quantitative estimate of drug-likeness (QED) is 0.303. The van der Waals surface area contributed by atoms with Crippen molar-refractivity contribution in [3.8, 4) is 11.5 Å². The SMILES string of the molecule is COc1cc(C=C[N+](=O)[O-])ccc1OC(=O)c1cc2ccccc2o1. The number of nitrogens with zero attached hydrogens (tertiary/aromatic N) is 1. The second-order valence-electron chi connectivity index (χ2n) is 5.05. The highest BCUT2D eigenvalue weighted by Crippen LogP contribution is 2.30. The van der Waals surface area contributed by atoms with E-state index < -0.39 is 10.9 Å². The molecule has 0 bridgehead atoms. The Kier molecular flexibility index (Phi) is 4.47. The first-order valence-corrected chi connectivity index (χ1v) is 7.27. The zero-order valence-electron chi connectivity index (χ0n) is 13.2. The van der Waals surface area contributed by atoms with Crippen LogP contribution in [0.3, 0.4) is 0 Å². The van der Waals surface area contributed by atoms with E-state index in [1.807, 2.05) is 12.1 Å². The third-order valence-electron chi connectivity index (χ3n) is 3.41. The fourth-order valence-electron chi connectivity index (χ4n) is 2.25. The van der Waals surface area contributed by atoms with Gasteiger partial charge in [-0.15, -0.1) is 0 Å². The van der Waals surface area contributed by atoms with Crippen molar-refractivity contribution in [3.63, 3.8) is 0 Å². The number of hydrogen-bond donors (Lipinski definition) is 0. The summed E-state index contributed by atoms with van der Waals surface area (Å²) in [6.45, 7) is 0. The molecule has 25 heavy (non-hydrogen) atoms. The standard InChI is InChI=1S/C18H13NO6/c1-23-16-10-12(8-9-19(21)22)6-7-15(16)25-18(20)17-11-13-4-2-3-5-14(13)24-17/h2-11H,1H3. The second-order valence-corrected chi connectivity index (χ2v) is 5.05. The van der Waals surface area contributed by atoms with Crippen molar-refractivity contribution in [2.75, 3.05) is 7.11 Å². The molecule has 0 atom stereocenters. The van der Waals surface area contributed by atoms with Crippen LogP contribution in [-0.2, 0) is 0 Å². The van der Waals surface area contributed by atoms with Gasteiger partial charge in [0, 0.05) is 11.5 Å². The molecule has 0 spiro atoms. The predicted molar refractivity (Wildman–Crippen MR) is 90.2 cm³/mol. The molecule has 0 unspecified atom stereocenters. The Morgan fingerprint density at radius 1 is 1.16 bits per heavy atom. The van der Waals surface area contributed by atoms with Gasteiger partial charge in [-0.3, -0.25) is 10.1 Å². The van der Waals surface area contributed by atoms with Crippen LogP contribution in [0.4, 0.5) is 0 Å². The molecule has 126 valence electrons. The van der Waals surface area contributed by atoms with E-state index in [9.17, 15) is 14.9 Å². The maximum Gasteiger partial charge on any atom is 0.379 e. The lowest BCUT2D eigenvalue weighted by Gasteiger charge is -2.08. The third-order valence-corrected chi connectivity index (χ3v) is 3.41. The summed E-state index contributed by atoms with van der Waals surface area (Å²) in [5.74, 6) is -0.134. The molecular formula is C18H13NO6. The monoisotopic (exact) mass is 339 g/mol. The minimum absolute atomic E-state index is 0.0700. The smallest absolute Gasteiger partial charge is 0.379 e. The van der Waals surface area contributed by atoms with Crippen molar-refractivity contribution < 1.29 is 23.6 Å². The lowest BCUT2D eigenvalue weighted by Crippen LogP contribution is -2.08. The van der Waals surface area contributed by atoms with Crippen LogP contribution in [-0.4, -0.2) is 18.0 Å². The van der Waals surface area contributed by atoms with Crippen molar-refractivity contribution in [1.29, 1.82) is 0 Å². The van der Waals surface area contributed by atoms with Gasteiger partial charge in [-0.2, -0.15) is 0 Å². The fraction of sp³-hybridized carbons (Fsp3) is 0.0556. The Morgan fingerprint density at radius 2 is 1.96 bits per heavy atom. The number of ether oxygens (including phenoxy) is 2. The summed E-state index contributed by atoms with van der Waals surface area (Å²) in [5, 5.41) is 11.2. The molecule has 1 aromatic heterocycles. The van der Waals surface area contributed by atoms with Crippen LogP contribution in [0, 0.1) is 10.1 Å². The Morgan fingerprint density at radius 3 is 2.68 bits per heavy atom. The van der Waals surface area contributed by atoms with Crippen LogP contribution in [0.5, 0.6) is 11.5 Å². The summed E-state index contributed by atoms with van der Waals surface area (Å²) in [6, 6.07) is 13.4. The average Bonchev–Trinajstić information content (AvgIpc) is 3.05. The van der Waals surface area contributed by atoms with E-state index in [2.05, 4.69) is 0 Å². The molecule has 0 aliphatic carbocycles. The van der Waals surface area contributed by atoms with Gasteiger partial charge in [0.2, 0.25) is 12.0 Å². The Labute approximate surface area is 142 Å². The van der Waals surface area contributed by atoms with E-state index in [0.717, 1.165) is 11.6 Å². The van der Waals surface area contributed by atoms with Gasteiger partial charge in [0.05, 0.1) is 12.0 Å². The van der Waals surface area contributed by atoms with E-state index in [4.69, 9.17) is 13.9 Å². The number of hydrogen-bond acceptors (Lipinski definition) is 6. The van der Waals surface area contributed by atoms with Gasteiger partial charge in [0.1, 0.15) is 5.58 Å². The molecule has 7 nitrogen and oxygen atoms in total. The largest absolute Gasteiger partial charge is 0.493 e. The van der Waals surface area contributed by atoms with Crippen LogP contribution in [0.1, 0.15) is 16.1 Å². The maximum absolute atomic E-state index is 12.3. The molecule has 0 aliphatic rings. The number of nitro groups is 1. The molecule has 0 saturated heterocycles. The van der Waals surface area contributed by atoms with Gasteiger partial charge in [0.25, 0.3) is 0 Å². The van der Waals surface area contributed by atoms with Gasteiger partial charge >= 0.3 is 5.97 Å².